The van der Waals surface area contributed by atoms with E-state index in [0.29, 0.717) is 12.0 Å². The Labute approximate surface area is 79.7 Å². The minimum absolute atomic E-state index is 0.319. The van der Waals surface area contributed by atoms with Crippen LogP contribution in [-0.4, -0.2) is 49.5 Å². The highest BCUT2D eigenvalue weighted by atomic mass is 16.5. The van der Waals surface area contributed by atoms with Gasteiger partial charge in [-0.15, -0.1) is 0 Å². The number of hydrogen-bond acceptors (Lipinski definition) is 3. The predicted octanol–water partition coefficient (Wildman–Crippen LogP) is 0.481. The second-order valence-electron chi connectivity index (χ2n) is 4.41. The van der Waals surface area contributed by atoms with Crippen LogP contribution in [0.2, 0.25) is 0 Å². The molecule has 0 aliphatic carbocycles. The number of rotatable bonds is 3. The maximum Gasteiger partial charge on any atom is 0.0536 e. The zero-order valence-corrected chi connectivity index (χ0v) is 8.17. The molecule has 3 heteroatoms. The van der Waals surface area contributed by atoms with Crippen LogP contribution in [0.15, 0.2) is 0 Å². The van der Waals surface area contributed by atoms with Crippen LogP contribution in [0.5, 0.6) is 0 Å². The number of aliphatic hydroxyl groups is 1. The van der Waals surface area contributed by atoms with E-state index in [2.05, 4.69) is 4.90 Å². The molecule has 2 heterocycles. The van der Waals surface area contributed by atoms with Crippen LogP contribution in [0.3, 0.4) is 0 Å². The van der Waals surface area contributed by atoms with Gasteiger partial charge >= 0.3 is 0 Å². The molecule has 0 aromatic carbocycles. The van der Waals surface area contributed by atoms with E-state index in [9.17, 15) is 0 Å². The average Bonchev–Trinajstić information content (AvgIpc) is 2.74. The highest BCUT2D eigenvalue weighted by Crippen LogP contribution is 2.37. The molecule has 0 aromatic rings. The third kappa shape index (κ3) is 2.03. The molecule has 2 rings (SSSR count). The van der Waals surface area contributed by atoms with Gasteiger partial charge in [-0.1, -0.05) is 0 Å². The summed E-state index contributed by atoms with van der Waals surface area (Å²) in [5.74, 6) is 0. The van der Waals surface area contributed by atoms with Crippen LogP contribution >= 0.6 is 0 Å². The Morgan fingerprint density at radius 1 is 1.38 bits per heavy atom. The second-order valence-corrected chi connectivity index (χ2v) is 4.41. The van der Waals surface area contributed by atoms with Gasteiger partial charge in [0.2, 0.25) is 0 Å². The zero-order valence-electron chi connectivity index (χ0n) is 8.17. The van der Waals surface area contributed by atoms with E-state index in [-0.39, 0.29) is 0 Å². The molecule has 2 saturated heterocycles. The van der Waals surface area contributed by atoms with Crippen molar-refractivity contribution in [3.8, 4) is 0 Å². The molecule has 13 heavy (non-hydrogen) atoms. The van der Waals surface area contributed by atoms with Gasteiger partial charge in [-0.05, 0) is 25.8 Å². The van der Waals surface area contributed by atoms with E-state index < -0.39 is 0 Å². The van der Waals surface area contributed by atoms with Gasteiger partial charge in [0.15, 0.2) is 0 Å². The van der Waals surface area contributed by atoms with Gasteiger partial charge in [0.05, 0.1) is 6.61 Å². The summed E-state index contributed by atoms with van der Waals surface area (Å²) in [5.41, 5.74) is 0.482. The first kappa shape index (κ1) is 9.44. The van der Waals surface area contributed by atoms with Crippen molar-refractivity contribution in [2.75, 3.05) is 39.5 Å². The fraction of sp³-hybridized carbons (Fsp3) is 1.00. The lowest BCUT2D eigenvalue weighted by Gasteiger charge is -2.21. The monoisotopic (exact) mass is 185 g/mol. The first-order chi connectivity index (χ1) is 6.35. The molecule has 0 bridgehead atoms. The fourth-order valence-electron chi connectivity index (χ4n) is 2.48. The Morgan fingerprint density at radius 3 is 3.00 bits per heavy atom. The molecule has 0 saturated carbocycles. The van der Waals surface area contributed by atoms with Crippen molar-refractivity contribution in [1.29, 1.82) is 0 Å². The number of likely N-dealkylation sites (tertiary alicyclic amines) is 1. The van der Waals surface area contributed by atoms with Crippen molar-refractivity contribution in [2.45, 2.75) is 19.3 Å². The van der Waals surface area contributed by atoms with Gasteiger partial charge in [0.1, 0.15) is 0 Å². The molecule has 0 aromatic heterocycles. The van der Waals surface area contributed by atoms with Crippen LogP contribution in [0.4, 0.5) is 0 Å². The Hall–Kier alpha value is -0.120. The molecule has 3 nitrogen and oxygen atoms in total. The number of aliphatic hydroxyl groups excluding tert-OH is 1. The van der Waals surface area contributed by atoms with Crippen molar-refractivity contribution in [1.82, 2.24) is 4.90 Å². The summed E-state index contributed by atoms with van der Waals surface area (Å²) in [7, 11) is 0. The maximum atomic E-state index is 8.73. The molecular weight excluding hydrogens is 166 g/mol. The molecule has 0 amide bonds. The van der Waals surface area contributed by atoms with Gasteiger partial charge in [0, 0.05) is 31.7 Å². The predicted molar refractivity (Wildman–Crippen MR) is 50.6 cm³/mol. The quantitative estimate of drug-likeness (QED) is 0.694. The number of ether oxygens (including phenoxy) is 1. The largest absolute Gasteiger partial charge is 0.396 e. The average molecular weight is 185 g/mol. The van der Waals surface area contributed by atoms with Crippen LogP contribution in [-0.2, 0) is 4.74 Å². The van der Waals surface area contributed by atoms with E-state index in [1.54, 1.807) is 0 Å². The summed E-state index contributed by atoms with van der Waals surface area (Å²) in [6, 6.07) is 0. The van der Waals surface area contributed by atoms with Gasteiger partial charge in [-0.3, -0.25) is 0 Å². The van der Waals surface area contributed by atoms with Gasteiger partial charge in [-0.2, -0.15) is 0 Å². The van der Waals surface area contributed by atoms with Gasteiger partial charge in [0.25, 0.3) is 0 Å². The van der Waals surface area contributed by atoms with Crippen molar-refractivity contribution < 1.29 is 9.84 Å². The van der Waals surface area contributed by atoms with Gasteiger partial charge < -0.3 is 14.7 Å². The molecule has 0 unspecified atom stereocenters. The Morgan fingerprint density at radius 2 is 2.31 bits per heavy atom. The minimum atomic E-state index is 0.319. The van der Waals surface area contributed by atoms with Crippen molar-refractivity contribution in [3.63, 3.8) is 0 Å². The fourth-order valence-corrected chi connectivity index (χ4v) is 2.48. The molecule has 0 radical (unpaired) electrons. The van der Waals surface area contributed by atoms with E-state index in [0.717, 1.165) is 26.2 Å². The molecular formula is C10H19NO2. The summed E-state index contributed by atoms with van der Waals surface area (Å²) in [6.07, 6.45) is 3.44. The van der Waals surface area contributed by atoms with Crippen LogP contribution in [0.25, 0.3) is 0 Å². The molecule has 1 atom stereocenters. The minimum Gasteiger partial charge on any atom is -0.396 e. The zero-order chi connectivity index (χ0) is 9.15. The molecule has 2 fully saturated rings. The van der Waals surface area contributed by atoms with Crippen molar-refractivity contribution >= 4 is 0 Å². The topological polar surface area (TPSA) is 32.7 Å². The van der Waals surface area contributed by atoms with Crippen LogP contribution in [0.1, 0.15) is 19.3 Å². The van der Waals surface area contributed by atoms with E-state index in [1.165, 1.54) is 25.9 Å². The van der Waals surface area contributed by atoms with Crippen LogP contribution in [0, 0.1) is 5.41 Å². The highest BCUT2D eigenvalue weighted by Gasteiger charge is 2.40. The van der Waals surface area contributed by atoms with Crippen molar-refractivity contribution in [2.24, 2.45) is 5.41 Å². The number of nitrogens with zero attached hydrogens (tertiary/aromatic N) is 1. The van der Waals surface area contributed by atoms with Crippen LogP contribution < -0.4 is 0 Å². The highest BCUT2D eigenvalue weighted by molar-refractivity contribution is 4.92. The molecule has 1 N–H and O–H groups in total. The normalized spacial score (nSPS) is 34.8. The standard InChI is InChI=1S/C10H19NO2/c12-6-1-4-11-5-2-10(8-11)3-7-13-9-10/h12H,1-9H2/t10-/m1/s1. The Bertz CT molecular complexity index is 166. The molecule has 1 spiro atoms. The lowest BCUT2D eigenvalue weighted by atomic mass is 9.87. The summed E-state index contributed by atoms with van der Waals surface area (Å²) in [6.45, 7) is 5.67. The Kier molecular flexibility index (Phi) is 2.86. The molecule has 76 valence electrons. The van der Waals surface area contributed by atoms with Crippen molar-refractivity contribution in [3.05, 3.63) is 0 Å². The molecule has 2 aliphatic rings. The van der Waals surface area contributed by atoms with E-state index >= 15 is 0 Å². The lowest BCUT2D eigenvalue weighted by Crippen LogP contribution is -2.28. The maximum absolute atomic E-state index is 8.73. The lowest BCUT2D eigenvalue weighted by molar-refractivity contribution is 0.151. The summed E-state index contributed by atoms with van der Waals surface area (Å²) in [5, 5.41) is 8.73. The van der Waals surface area contributed by atoms with E-state index in [1.807, 2.05) is 0 Å². The third-order valence-corrected chi connectivity index (χ3v) is 3.33. The number of hydrogen-bond donors (Lipinski definition) is 1. The van der Waals surface area contributed by atoms with Gasteiger partial charge in [-0.25, -0.2) is 0 Å². The summed E-state index contributed by atoms with van der Waals surface area (Å²) < 4.78 is 5.46. The first-order valence-electron chi connectivity index (χ1n) is 5.26. The summed E-state index contributed by atoms with van der Waals surface area (Å²) in [4.78, 5) is 2.46. The second kappa shape index (κ2) is 3.95. The summed E-state index contributed by atoms with van der Waals surface area (Å²) >= 11 is 0. The SMILES string of the molecule is OCCCN1CC[C@@]2(CCOC2)C1. The smallest absolute Gasteiger partial charge is 0.0536 e. The third-order valence-electron chi connectivity index (χ3n) is 3.33. The van der Waals surface area contributed by atoms with E-state index in [4.69, 9.17) is 9.84 Å². The molecule has 2 aliphatic heterocycles. The first-order valence-corrected chi connectivity index (χ1v) is 5.26. The Balaban J connectivity index is 1.79.